The van der Waals surface area contributed by atoms with Crippen LogP contribution < -0.4 is 5.73 Å². The molecule has 1 fully saturated rings. The fourth-order valence-corrected chi connectivity index (χ4v) is 2.42. The number of aromatic nitrogens is 2. The van der Waals surface area contributed by atoms with Gasteiger partial charge in [-0.15, -0.1) is 11.8 Å². The van der Waals surface area contributed by atoms with Crippen LogP contribution in [-0.4, -0.2) is 10.1 Å². The second-order valence-corrected chi connectivity index (χ2v) is 4.40. The summed E-state index contributed by atoms with van der Waals surface area (Å²) in [6.45, 7) is 1.86. The van der Waals surface area contributed by atoms with Crippen LogP contribution in [0.2, 0.25) is 0 Å². The molecule has 1 aromatic rings. The van der Waals surface area contributed by atoms with Crippen LogP contribution in [0.15, 0.2) is 4.52 Å². The molecule has 0 aromatic carbocycles. The molecule has 2 rings (SSSR count). The zero-order valence-electron chi connectivity index (χ0n) is 9.62. The van der Waals surface area contributed by atoms with Gasteiger partial charge in [0.25, 0.3) is 0 Å². The Hall–Kier alpha value is -1.50. The summed E-state index contributed by atoms with van der Waals surface area (Å²) in [5, 5.41) is 3.99. The first-order valence-corrected chi connectivity index (χ1v) is 5.76. The zero-order chi connectivity index (χ0) is 11.4. The lowest BCUT2D eigenvalue weighted by atomic mass is 9.71. The average Bonchev–Trinajstić information content (AvgIpc) is 2.75. The second kappa shape index (κ2) is 4.56. The van der Waals surface area contributed by atoms with Crippen molar-refractivity contribution in [3.05, 3.63) is 5.82 Å². The molecular weight excluding hydrogens is 202 g/mol. The van der Waals surface area contributed by atoms with Crippen LogP contribution in [0.5, 0.6) is 0 Å². The van der Waals surface area contributed by atoms with E-state index in [-0.39, 0.29) is 11.4 Å². The van der Waals surface area contributed by atoms with Gasteiger partial charge in [-0.3, -0.25) is 0 Å². The monoisotopic (exact) mass is 219 g/mol. The van der Waals surface area contributed by atoms with Crippen molar-refractivity contribution in [1.29, 1.82) is 0 Å². The van der Waals surface area contributed by atoms with E-state index in [9.17, 15) is 0 Å². The highest BCUT2D eigenvalue weighted by atomic mass is 16.5. The summed E-state index contributed by atoms with van der Waals surface area (Å²) in [5.74, 6) is 6.85. The van der Waals surface area contributed by atoms with E-state index in [2.05, 4.69) is 22.0 Å². The predicted octanol–water partition coefficient (Wildman–Crippen LogP) is 2.27. The molecule has 1 saturated carbocycles. The fraction of sp³-hybridized carbons (Fsp3) is 0.667. The highest BCUT2D eigenvalue weighted by molar-refractivity contribution is 5.19. The van der Waals surface area contributed by atoms with Gasteiger partial charge >= 0.3 is 6.01 Å². The smallest absolute Gasteiger partial charge is 0.318 e. The molecule has 0 unspecified atom stereocenters. The van der Waals surface area contributed by atoms with Gasteiger partial charge < -0.3 is 10.3 Å². The van der Waals surface area contributed by atoms with Crippen molar-refractivity contribution in [3.63, 3.8) is 0 Å². The topological polar surface area (TPSA) is 64.9 Å². The number of rotatable bonds is 2. The van der Waals surface area contributed by atoms with Gasteiger partial charge in [-0.1, -0.05) is 24.4 Å². The molecule has 86 valence electrons. The third kappa shape index (κ3) is 2.04. The largest absolute Gasteiger partial charge is 0.351 e. The minimum absolute atomic E-state index is 0.0254. The van der Waals surface area contributed by atoms with Crippen LogP contribution in [0.3, 0.4) is 0 Å². The van der Waals surface area contributed by atoms with E-state index in [0.29, 0.717) is 0 Å². The first kappa shape index (κ1) is 11.0. The molecule has 0 atom stereocenters. The summed E-state index contributed by atoms with van der Waals surface area (Å²) in [5.41, 5.74) is 5.47. The molecule has 16 heavy (non-hydrogen) atoms. The molecule has 0 bridgehead atoms. The maximum atomic E-state index is 5.50. The number of nitrogens with two attached hydrogens (primary N) is 1. The normalized spacial score (nSPS) is 18.8. The number of hydrogen-bond acceptors (Lipinski definition) is 4. The van der Waals surface area contributed by atoms with E-state index >= 15 is 0 Å². The van der Waals surface area contributed by atoms with Crippen LogP contribution >= 0.6 is 0 Å². The molecule has 1 heterocycles. The van der Waals surface area contributed by atoms with Crippen LogP contribution in [0.25, 0.3) is 0 Å². The molecule has 0 saturated heterocycles. The van der Waals surface area contributed by atoms with Crippen molar-refractivity contribution in [1.82, 2.24) is 10.1 Å². The Morgan fingerprint density at radius 1 is 1.38 bits per heavy atom. The molecule has 0 aliphatic heterocycles. The van der Waals surface area contributed by atoms with Crippen molar-refractivity contribution < 1.29 is 4.52 Å². The summed E-state index contributed by atoms with van der Waals surface area (Å²) >= 11 is 0. The van der Waals surface area contributed by atoms with Crippen LogP contribution in [0.1, 0.15) is 51.3 Å². The van der Waals surface area contributed by atoms with Gasteiger partial charge in [-0.2, -0.15) is 4.98 Å². The number of nitrogens with zero attached hydrogens (tertiary/aromatic N) is 2. The van der Waals surface area contributed by atoms with Gasteiger partial charge in [-0.25, -0.2) is 0 Å². The molecule has 1 aliphatic carbocycles. The minimum Gasteiger partial charge on any atom is -0.351 e. The lowest BCUT2D eigenvalue weighted by molar-refractivity contribution is 0.272. The van der Waals surface area contributed by atoms with Crippen molar-refractivity contribution in [3.8, 4) is 11.8 Å². The van der Waals surface area contributed by atoms with Gasteiger partial charge in [0.1, 0.15) is 0 Å². The van der Waals surface area contributed by atoms with Crippen molar-refractivity contribution in [2.24, 2.45) is 0 Å². The number of anilines is 1. The first-order valence-electron chi connectivity index (χ1n) is 5.76. The number of nitrogen functional groups attached to an aromatic ring is 1. The van der Waals surface area contributed by atoms with E-state index in [1.165, 1.54) is 19.3 Å². The molecule has 4 nitrogen and oxygen atoms in total. The average molecular weight is 219 g/mol. The molecule has 2 N–H and O–H groups in total. The Morgan fingerprint density at radius 3 is 2.69 bits per heavy atom. The summed E-state index contributed by atoms with van der Waals surface area (Å²) in [6.07, 6.45) is 6.68. The maximum absolute atomic E-state index is 5.50. The van der Waals surface area contributed by atoms with E-state index in [1.54, 1.807) is 0 Å². The van der Waals surface area contributed by atoms with E-state index < -0.39 is 0 Å². The summed E-state index contributed by atoms with van der Waals surface area (Å²) < 4.78 is 4.89. The Morgan fingerprint density at radius 2 is 2.12 bits per heavy atom. The van der Waals surface area contributed by atoms with Crippen LogP contribution in [-0.2, 0) is 5.41 Å². The SMILES string of the molecule is CC#CCC1(c2noc(N)n2)CCCCC1. The standard InChI is InChI=1S/C12H17N3O/c1-2-3-7-12(8-5-4-6-9-12)10-14-11(13)16-15-10/h4-9H2,1H3,(H2,13,14,15). The fourth-order valence-electron chi connectivity index (χ4n) is 2.42. The Kier molecular flexibility index (Phi) is 3.14. The Bertz CT molecular complexity index is 407. The summed E-state index contributed by atoms with van der Waals surface area (Å²) in [4.78, 5) is 4.19. The Labute approximate surface area is 95.6 Å². The van der Waals surface area contributed by atoms with E-state index in [4.69, 9.17) is 10.3 Å². The van der Waals surface area contributed by atoms with Gasteiger partial charge in [0.2, 0.25) is 0 Å². The highest BCUT2D eigenvalue weighted by Gasteiger charge is 2.37. The van der Waals surface area contributed by atoms with Gasteiger partial charge in [0.05, 0.1) is 0 Å². The quantitative estimate of drug-likeness (QED) is 0.775. The van der Waals surface area contributed by atoms with Gasteiger partial charge in [0, 0.05) is 11.8 Å². The molecule has 1 aromatic heterocycles. The van der Waals surface area contributed by atoms with Crippen molar-refractivity contribution >= 4 is 6.01 Å². The lowest BCUT2D eigenvalue weighted by Gasteiger charge is -2.32. The van der Waals surface area contributed by atoms with Crippen molar-refractivity contribution in [2.75, 3.05) is 5.73 Å². The molecule has 4 heteroatoms. The highest BCUT2D eigenvalue weighted by Crippen LogP contribution is 2.40. The maximum Gasteiger partial charge on any atom is 0.318 e. The predicted molar refractivity (Wildman–Crippen MR) is 61.5 cm³/mol. The molecule has 0 amide bonds. The molecule has 0 spiro atoms. The molecular formula is C12H17N3O. The summed E-state index contributed by atoms with van der Waals surface area (Å²) in [6, 6.07) is 0.157. The third-order valence-corrected chi connectivity index (χ3v) is 3.33. The first-order chi connectivity index (χ1) is 7.77. The zero-order valence-corrected chi connectivity index (χ0v) is 9.62. The second-order valence-electron chi connectivity index (χ2n) is 4.40. The minimum atomic E-state index is -0.0254. The lowest BCUT2D eigenvalue weighted by Crippen LogP contribution is -2.30. The number of hydrogen-bond donors (Lipinski definition) is 1. The summed E-state index contributed by atoms with van der Waals surface area (Å²) in [7, 11) is 0. The van der Waals surface area contributed by atoms with Gasteiger partial charge in [0.15, 0.2) is 5.82 Å². The van der Waals surface area contributed by atoms with Crippen LogP contribution in [0, 0.1) is 11.8 Å². The van der Waals surface area contributed by atoms with Crippen molar-refractivity contribution in [2.45, 2.75) is 50.9 Å². The Balaban J connectivity index is 2.27. The molecule has 1 aliphatic rings. The molecule has 0 radical (unpaired) electrons. The van der Waals surface area contributed by atoms with Gasteiger partial charge in [-0.05, 0) is 19.8 Å². The van der Waals surface area contributed by atoms with E-state index in [1.807, 2.05) is 6.92 Å². The van der Waals surface area contributed by atoms with Crippen LogP contribution in [0.4, 0.5) is 6.01 Å². The van der Waals surface area contributed by atoms with E-state index in [0.717, 1.165) is 25.1 Å². The third-order valence-electron chi connectivity index (χ3n) is 3.33.